The number of benzene rings is 1. The van der Waals surface area contributed by atoms with Gasteiger partial charge in [0.1, 0.15) is 5.75 Å². The van der Waals surface area contributed by atoms with Crippen molar-refractivity contribution in [2.24, 2.45) is 5.92 Å². The third-order valence-electron chi connectivity index (χ3n) is 4.62. The van der Waals surface area contributed by atoms with Gasteiger partial charge >= 0.3 is 6.61 Å². The Bertz CT molecular complexity index is 783. The first-order valence-corrected chi connectivity index (χ1v) is 8.10. The average Bonchev–Trinajstić information content (AvgIpc) is 2.47. The van der Waals surface area contributed by atoms with E-state index >= 15 is 0 Å². The molecule has 0 aliphatic heterocycles. The third kappa shape index (κ3) is 4.04. The largest absolute Gasteiger partial charge is 0.435 e. The van der Waals surface area contributed by atoms with Gasteiger partial charge in [0.05, 0.1) is 16.7 Å². The minimum Gasteiger partial charge on any atom is -0.435 e. The number of hydrogen-bond acceptors (Lipinski definition) is 4. The van der Waals surface area contributed by atoms with E-state index < -0.39 is 12.2 Å². The Labute approximate surface area is 144 Å². The van der Waals surface area contributed by atoms with Crippen LogP contribution in [0.15, 0.2) is 30.5 Å². The zero-order valence-electron chi connectivity index (χ0n) is 14.0. The first kappa shape index (κ1) is 17.5. The molecule has 1 aliphatic rings. The minimum atomic E-state index is -2.89. The van der Waals surface area contributed by atoms with Crippen LogP contribution in [0.3, 0.4) is 0 Å². The predicted octanol–water partition coefficient (Wildman–Crippen LogP) is 3.12. The van der Waals surface area contributed by atoms with Gasteiger partial charge in [-0.3, -0.25) is 9.78 Å². The number of aromatic nitrogens is 1. The number of ether oxygens (including phenoxy) is 1. The molecule has 134 valence electrons. The summed E-state index contributed by atoms with van der Waals surface area (Å²) in [5, 5.41) is 13.5. The number of aliphatic hydroxyl groups is 1. The van der Waals surface area contributed by atoms with Crippen LogP contribution < -0.4 is 10.1 Å². The summed E-state index contributed by atoms with van der Waals surface area (Å²) in [5.41, 5.74) is 0.145. The summed E-state index contributed by atoms with van der Waals surface area (Å²) >= 11 is 0. The zero-order chi connectivity index (χ0) is 18.2. The highest BCUT2D eigenvalue weighted by molar-refractivity contribution is 5.97. The lowest BCUT2D eigenvalue weighted by atomic mass is 9.71. The maximum absolute atomic E-state index is 12.3. The van der Waals surface area contributed by atoms with Crippen LogP contribution in [-0.4, -0.2) is 34.3 Å². The van der Waals surface area contributed by atoms with Crippen molar-refractivity contribution in [3.8, 4) is 5.75 Å². The van der Waals surface area contributed by atoms with Crippen molar-refractivity contribution in [2.75, 3.05) is 0 Å². The van der Waals surface area contributed by atoms with Crippen molar-refractivity contribution in [1.29, 1.82) is 0 Å². The highest BCUT2D eigenvalue weighted by Gasteiger charge is 2.39. The summed E-state index contributed by atoms with van der Waals surface area (Å²) in [5.74, 6) is -0.0263. The van der Waals surface area contributed by atoms with Crippen molar-refractivity contribution in [1.82, 2.24) is 10.3 Å². The van der Waals surface area contributed by atoms with Crippen LogP contribution in [0.25, 0.3) is 10.9 Å². The maximum atomic E-state index is 12.3. The number of hydrogen-bond donors (Lipinski definition) is 2. The van der Waals surface area contributed by atoms with Crippen LogP contribution in [0.5, 0.6) is 5.75 Å². The molecule has 0 unspecified atom stereocenters. The summed E-state index contributed by atoms with van der Waals surface area (Å²) in [6.45, 7) is 0.655. The van der Waals surface area contributed by atoms with Gasteiger partial charge < -0.3 is 15.2 Å². The molecule has 1 heterocycles. The molecular formula is C18H20F2N2O3. The molecule has 7 heteroatoms. The fraction of sp³-hybridized carbons (Fsp3) is 0.444. The van der Waals surface area contributed by atoms with Gasteiger partial charge in [0.15, 0.2) is 0 Å². The summed E-state index contributed by atoms with van der Waals surface area (Å²) < 4.78 is 28.8. The SMILES string of the molecule is CC(C)(O)[C@H]1C[C@H](NC(=O)c2cnc3cc(OC(F)F)ccc3c2)C1. The number of carbonyl (C=O) groups is 1. The van der Waals surface area contributed by atoms with Gasteiger partial charge in [-0.2, -0.15) is 8.78 Å². The monoisotopic (exact) mass is 350 g/mol. The van der Waals surface area contributed by atoms with E-state index in [1.807, 2.05) is 0 Å². The number of fused-ring (bicyclic) bond motifs is 1. The van der Waals surface area contributed by atoms with Crippen LogP contribution in [0.1, 0.15) is 37.0 Å². The molecule has 0 spiro atoms. The van der Waals surface area contributed by atoms with E-state index in [0.717, 1.165) is 12.8 Å². The molecule has 1 fully saturated rings. The molecule has 0 atom stereocenters. The summed E-state index contributed by atoms with van der Waals surface area (Å²) in [6.07, 6.45) is 2.89. The number of halogens is 2. The van der Waals surface area contributed by atoms with Crippen molar-refractivity contribution in [2.45, 2.75) is 44.9 Å². The number of pyridine rings is 1. The molecule has 0 saturated heterocycles. The summed E-state index contributed by atoms with van der Waals surface area (Å²) in [4.78, 5) is 16.5. The van der Waals surface area contributed by atoms with Gasteiger partial charge in [0.2, 0.25) is 0 Å². The zero-order valence-corrected chi connectivity index (χ0v) is 14.0. The number of amides is 1. The Morgan fingerprint density at radius 3 is 2.72 bits per heavy atom. The van der Waals surface area contributed by atoms with Crippen LogP contribution in [0, 0.1) is 5.92 Å². The number of carbonyl (C=O) groups excluding carboxylic acids is 1. The van der Waals surface area contributed by atoms with Crippen LogP contribution >= 0.6 is 0 Å². The molecule has 0 bridgehead atoms. The molecule has 2 aromatic rings. The average molecular weight is 350 g/mol. The smallest absolute Gasteiger partial charge is 0.387 e. The van der Waals surface area contributed by atoms with Crippen molar-refractivity contribution >= 4 is 16.8 Å². The Balaban J connectivity index is 1.66. The van der Waals surface area contributed by atoms with Crippen molar-refractivity contribution in [3.63, 3.8) is 0 Å². The topological polar surface area (TPSA) is 71.5 Å². The van der Waals surface area contributed by atoms with Gasteiger partial charge in [0.25, 0.3) is 5.91 Å². The number of nitrogens with zero attached hydrogens (tertiary/aromatic N) is 1. The van der Waals surface area contributed by atoms with Gasteiger partial charge in [-0.25, -0.2) is 0 Å². The Morgan fingerprint density at radius 2 is 2.08 bits per heavy atom. The fourth-order valence-corrected chi connectivity index (χ4v) is 2.98. The van der Waals surface area contributed by atoms with Gasteiger partial charge in [-0.05, 0) is 50.8 Å². The number of alkyl halides is 2. The Kier molecular flexibility index (Phi) is 4.60. The van der Waals surface area contributed by atoms with Gasteiger partial charge in [0, 0.05) is 23.7 Å². The lowest BCUT2D eigenvalue weighted by molar-refractivity contribution is -0.0497. The maximum Gasteiger partial charge on any atom is 0.387 e. The molecule has 1 amide bonds. The first-order valence-electron chi connectivity index (χ1n) is 8.10. The molecule has 1 saturated carbocycles. The molecule has 0 radical (unpaired) electrons. The molecule has 5 nitrogen and oxygen atoms in total. The number of nitrogens with one attached hydrogen (secondary N) is 1. The van der Waals surface area contributed by atoms with Crippen molar-refractivity contribution in [3.05, 3.63) is 36.0 Å². The van der Waals surface area contributed by atoms with E-state index in [1.54, 1.807) is 26.0 Å². The summed E-state index contributed by atoms with van der Waals surface area (Å²) in [7, 11) is 0. The lowest BCUT2D eigenvalue weighted by Crippen LogP contribution is -2.50. The minimum absolute atomic E-state index is 0.0272. The number of rotatable bonds is 5. The van der Waals surface area contributed by atoms with Crippen LogP contribution in [-0.2, 0) is 0 Å². The van der Waals surface area contributed by atoms with E-state index in [4.69, 9.17) is 0 Å². The highest BCUT2D eigenvalue weighted by Crippen LogP contribution is 2.36. The van der Waals surface area contributed by atoms with E-state index in [-0.39, 0.29) is 23.6 Å². The van der Waals surface area contributed by atoms with E-state index in [0.29, 0.717) is 16.5 Å². The second-order valence-corrected chi connectivity index (χ2v) is 6.95. The normalized spacial score (nSPS) is 20.4. The second kappa shape index (κ2) is 6.55. The quantitative estimate of drug-likeness (QED) is 0.869. The molecule has 25 heavy (non-hydrogen) atoms. The van der Waals surface area contributed by atoms with Crippen LogP contribution in [0.4, 0.5) is 8.78 Å². The standard InChI is InChI=1S/C18H20F2N2O3/c1-18(2,24)12-6-13(7-12)22-16(23)11-5-10-3-4-14(25-17(19)20)8-15(10)21-9-11/h3-5,8-9,12-13,17,24H,6-7H2,1-2H3,(H,22,23)/t12-,13-. The fourth-order valence-electron chi connectivity index (χ4n) is 2.98. The lowest BCUT2D eigenvalue weighted by Gasteiger charge is -2.42. The van der Waals surface area contributed by atoms with E-state index in [9.17, 15) is 18.7 Å². The molecule has 1 aromatic carbocycles. The third-order valence-corrected chi connectivity index (χ3v) is 4.62. The molecule has 1 aromatic heterocycles. The summed E-state index contributed by atoms with van der Waals surface area (Å²) in [6, 6.07) is 6.11. The molecule has 2 N–H and O–H groups in total. The van der Waals surface area contributed by atoms with Crippen molar-refractivity contribution < 1.29 is 23.4 Å². The van der Waals surface area contributed by atoms with Crippen LogP contribution in [0.2, 0.25) is 0 Å². The molecule has 3 rings (SSSR count). The Morgan fingerprint density at radius 1 is 1.36 bits per heavy atom. The molecular weight excluding hydrogens is 330 g/mol. The first-order chi connectivity index (χ1) is 11.7. The predicted molar refractivity (Wildman–Crippen MR) is 88.7 cm³/mol. The molecule has 1 aliphatic carbocycles. The van der Waals surface area contributed by atoms with E-state index in [2.05, 4.69) is 15.0 Å². The highest BCUT2D eigenvalue weighted by atomic mass is 19.3. The van der Waals surface area contributed by atoms with Gasteiger partial charge in [-0.15, -0.1) is 0 Å². The Hall–Kier alpha value is -2.28. The second-order valence-electron chi connectivity index (χ2n) is 6.95. The van der Waals surface area contributed by atoms with Gasteiger partial charge in [-0.1, -0.05) is 0 Å². The van der Waals surface area contributed by atoms with E-state index in [1.165, 1.54) is 18.3 Å².